The first-order valence-corrected chi connectivity index (χ1v) is 10.6. The van der Waals surface area contributed by atoms with Crippen LogP contribution in [0, 0.1) is 13.8 Å². The van der Waals surface area contributed by atoms with E-state index in [9.17, 15) is 9.59 Å². The van der Waals surface area contributed by atoms with Gasteiger partial charge in [-0.25, -0.2) is 0 Å². The van der Waals surface area contributed by atoms with Gasteiger partial charge in [-0.15, -0.1) is 0 Å². The van der Waals surface area contributed by atoms with Gasteiger partial charge in [0.15, 0.2) is 11.5 Å². The van der Waals surface area contributed by atoms with E-state index in [1.807, 2.05) is 62.4 Å². The number of aryl methyl sites for hydroxylation is 2. The molecule has 4 rings (SSSR count). The topological polar surface area (TPSA) is 71.6 Å². The Balaban J connectivity index is 1.80. The third kappa shape index (κ3) is 4.60. The van der Waals surface area contributed by atoms with Gasteiger partial charge in [0, 0.05) is 22.3 Å². The SMILES string of the molecule is COc1ccc(C(=O)N(Cc2cc3cc(C)ccc3[nH]c2=O)c2cccc(C)c2)cc1OC. The van der Waals surface area contributed by atoms with Crippen LogP contribution >= 0.6 is 0 Å². The van der Waals surface area contributed by atoms with E-state index in [-0.39, 0.29) is 18.0 Å². The van der Waals surface area contributed by atoms with Crippen LogP contribution < -0.4 is 19.9 Å². The molecule has 6 nitrogen and oxygen atoms in total. The minimum atomic E-state index is -0.245. The number of nitrogens with one attached hydrogen (secondary N) is 1. The van der Waals surface area contributed by atoms with E-state index in [1.54, 1.807) is 30.2 Å². The smallest absolute Gasteiger partial charge is 0.258 e. The summed E-state index contributed by atoms with van der Waals surface area (Å²) in [5.74, 6) is 0.759. The fraction of sp³-hybridized carbons (Fsp3) is 0.185. The Morgan fingerprint density at radius 2 is 1.64 bits per heavy atom. The number of aromatic nitrogens is 1. The first kappa shape index (κ1) is 22.1. The second kappa shape index (κ2) is 9.20. The lowest BCUT2D eigenvalue weighted by molar-refractivity contribution is 0.0984. The van der Waals surface area contributed by atoms with Crippen molar-refractivity contribution in [2.45, 2.75) is 20.4 Å². The Kier molecular flexibility index (Phi) is 6.18. The maximum atomic E-state index is 13.7. The molecule has 0 aliphatic carbocycles. The molecule has 0 unspecified atom stereocenters. The van der Waals surface area contributed by atoms with Gasteiger partial charge in [-0.1, -0.05) is 23.8 Å². The van der Waals surface area contributed by atoms with Gasteiger partial charge < -0.3 is 19.4 Å². The molecule has 0 aliphatic rings. The van der Waals surface area contributed by atoms with Crippen molar-refractivity contribution in [3.05, 3.63) is 99.3 Å². The Labute approximate surface area is 192 Å². The van der Waals surface area contributed by atoms with E-state index in [0.29, 0.717) is 28.3 Å². The summed E-state index contributed by atoms with van der Waals surface area (Å²) in [7, 11) is 3.08. The molecule has 4 aromatic rings. The highest BCUT2D eigenvalue weighted by atomic mass is 16.5. The fourth-order valence-electron chi connectivity index (χ4n) is 3.86. The van der Waals surface area contributed by atoms with Crippen LogP contribution in [0.15, 0.2) is 71.5 Å². The number of amides is 1. The molecule has 1 heterocycles. The van der Waals surface area contributed by atoms with Gasteiger partial charge in [-0.3, -0.25) is 9.59 Å². The van der Waals surface area contributed by atoms with Crippen LogP contribution in [0.5, 0.6) is 11.5 Å². The summed E-state index contributed by atoms with van der Waals surface area (Å²) >= 11 is 0. The van der Waals surface area contributed by atoms with Crippen molar-refractivity contribution in [2.75, 3.05) is 19.1 Å². The van der Waals surface area contributed by atoms with Crippen molar-refractivity contribution < 1.29 is 14.3 Å². The zero-order chi connectivity index (χ0) is 23.5. The van der Waals surface area contributed by atoms with Gasteiger partial charge in [0.2, 0.25) is 0 Å². The van der Waals surface area contributed by atoms with Gasteiger partial charge in [-0.05, 0) is 73.3 Å². The van der Waals surface area contributed by atoms with Crippen molar-refractivity contribution in [1.82, 2.24) is 4.98 Å². The first-order chi connectivity index (χ1) is 15.9. The molecule has 0 atom stereocenters. The molecule has 0 aliphatic heterocycles. The summed E-state index contributed by atoms with van der Waals surface area (Å²) in [5.41, 5.74) is 4.30. The highest BCUT2D eigenvalue weighted by Crippen LogP contribution is 2.29. The Morgan fingerprint density at radius 1 is 0.879 bits per heavy atom. The summed E-state index contributed by atoms with van der Waals surface area (Å²) in [6, 6.07) is 20.4. The first-order valence-electron chi connectivity index (χ1n) is 10.6. The number of H-pyrrole nitrogens is 1. The number of carbonyl (C=O) groups is 1. The van der Waals surface area contributed by atoms with Crippen LogP contribution in [-0.4, -0.2) is 25.1 Å². The van der Waals surface area contributed by atoms with E-state index in [1.165, 1.54) is 7.11 Å². The molecule has 0 saturated heterocycles. The minimum absolute atomic E-state index is 0.121. The lowest BCUT2D eigenvalue weighted by atomic mass is 10.1. The standard InChI is InChI=1S/C27H26N2O4/c1-17-6-5-7-22(13-17)29(27(31)19-9-11-24(32-3)25(15-19)33-4)16-21-14-20-12-18(2)8-10-23(20)28-26(21)30/h5-15H,16H2,1-4H3,(H,28,30). The largest absolute Gasteiger partial charge is 0.493 e. The molecule has 1 aromatic heterocycles. The average Bonchev–Trinajstić information content (AvgIpc) is 2.82. The number of benzene rings is 3. The molecule has 3 aromatic carbocycles. The number of pyridine rings is 1. The van der Waals surface area contributed by atoms with Gasteiger partial charge in [0.1, 0.15) is 0 Å². The van der Waals surface area contributed by atoms with Crippen LogP contribution in [0.1, 0.15) is 27.0 Å². The number of fused-ring (bicyclic) bond motifs is 1. The molecule has 0 fully saturated rings. The van der Waals surface area contributed by atoms with Gasteiger partial charge in [0.25, 0.3) is 11.5 Å². The third-order valence-corrected chi connectivity index (χ3v) is 5.59. The van der Waals surface area contributed by atoms with E-state index in [4.69, 9.17) is 9.47 Å². The fourth-order valence-corrected chi connectivity index (χ4v) is 3.86. The van der Waals surface area contributed by atoms with Gasteiger partial charge in [0.05, 0.1) is 20.8 Å². The van der Waals surface area contributed by atoms with Crippen molar-refractivity contribution in [3.8, 4) is 11.5 Å². The Hall–Kier alpha value is -4.06. The number of carbonyl (C=O) groups excluding carboxylic acids is 1. The number of anilines is 1. The van der Waals surface area contributed by atoms with E-state index >= 15 is 0 Å². The van der Waals surface area contributed by atoms with Crippen LogP contribution in [0.2, 0.25) is 0 Å². The number of methoxy groups -OCH3 is 2. The lowest BCUT2D eigenvalue weighted by Crippen LogP contribution is -2.33. The summed E-state index contributed by atoms with van der Waals surface area (Å²) in [6.45, 7) is 4.09. The molecule has 1 amide bonds. The lowest BCUT2D eigenvalue weighted by Gasteiger charge is -2.24. The number of hydrogen-bond acceptors (Lipinski definition) is 4. The summed E-state index contributed by atoms with van der Waals surface area (Å²) in [4.78, 5) is 31.1. The van der Waals surface area contributed by atoms with Crippen molar-refractivity contribution >= 4 is 22.5 Å². The number of hydrogen-bond donors (Lipinski definition) is 1. The van der Waals surface area contributed by atoms with E-state index in [2.05, 4.69) is 4.98 Å². The van der Waals surface area contributed by atoms with Crippen LogP contribution in [0.4, 0.5) is 5.69 Å². The molecule has 0 bridgehead atoms. The molecule has 6 heteroatoms. The molecule has 0 saturated carbocycles. The van der Waals surface area contributed by atoms with Crippen molar-refractivity contribution in [1.29, 1.82) is 0 Å². The molecular formula is C27H26N2O4. The third-order valence-electron chi connectivity index (χ3n) is 5.59. The molecule has 33 heavy (non-hydrogen) atoms. The van der Waals surface area contributed by atoms with Gasteiger partial charge in [-0.2, -0.15) is 0 Å². The molecule has 0 radical (unpaired) electrons. The number of aromatic amines is 1. The maximum Gasteiger partial charge on any atom is 0.258 e. The van der Waals surface area contributed by atoms with Crippen LogP contribution in [0.3, 0.4) is 0 Å². The monoisotopic (exact) mass is 442 g/mol. The number of ether oxygens (including phenoxy) is 2. The number of rotatable bonds is 6. The van der Waals surface area contributed by atoms with Crippen molar-refractivity contribution in [3.63, 3.8) is 0 Å². The van der Waals surface area contributed by atoms with Crippen LogP contribution in [-0.2, 0) is 6.54 Å². The summed E-state index contributed by atoms with van der Waals surface area (Å²) < 4.78 is 10.7. The molecule has 0 spiro atoms. The highest BCUT2D eigenvalue weighted by molar-refractivity contribution is 6.06. The van der Waals surface area contributed by atoms with Gasteiger partial charge >= 0.3 is 0 Å². The minimum Gasteiger partial charge on any atom is -0.493 e. The molecule has 1 N–H and O–H groups in total. The highest BCUT2D eigenvalue weighted by Gasteiger charge is 2.21. The predicted molar refractivity (Wildman–Crippen MR) is 131 cm³/mol. The Morgan fingerprint density at radius 3 is 2.36 bits per heavy atom. The number of nitrogens with zero attached hydrogens (tertiary/aromatic N) is 1. The normalized spacial score (nSPS) is 10.8. The zero-order valence-corrected chi connectivity index (χ0v) is 19.1. The summed E-state index contributed by atoms with van der Waals surface area (Å²) in [6.07, 6.45) is 0. The summed E-state index contributed by atoms with van der Waals surface area (Å²) in [5, 5.41) is 0.923. The van der Waals surface area contributed by atoms with E-state index < -0.39 is 0 Å². The quantitative estimate of drug-likeness (QED) is 0.456. The second-order valence-corrected chi connectivity index (χ2v) is 8.01. The molecular weight excluding hydrogens is 416 g/mol. The van der Waals surface area contributed by atoms with Crippen molar-refractivity contribution in [2.24, 2.45) is 0 Å². The maximum absolute atomic E-state index is 13.7. The van der Waals surface area contributed by atoms with Crippen LogP contribution in [0.25, 0.3) is 10.9 Å². The Bertz CT molecular complexity index is 1390. The second-order valence-electron chi connectivity index (χ2n) is 8.01. The molecule has 168 valence electrons. The average molecular weight is 443 g/mol. The predicted octanol–water partition coefficient (Wildman–Crippen LogP) is 5.01. The van der Waals surface area contributed by atoms with E-state index in [0.717, 1.165) is 22.0 Å². The zero-order valence-electron chi connectivity index (χ0n) is 19.1.